The van der Waals surface area contributed by atoms with Gasteiger partial charge in [0.2, 0.25) is 11.7 Å². The van der Waals surface area contributed by atoms with Crippen molar-refractivity contribution in [3.8, 4) is 0 Å². The minimum Gasteiger partial charge on any atom is -0.382 e. The van der Waals surface area contributed by atoms with Gasteiger partial charge in [-0.3, -0.25) is 5.41 Å². The minimum atomic E-state index is -0.117. The van der Waals surface area contributed by atoms with E-state index in [1.54, 1.807) is 6.08 Å². The molecule has 26 heavy (non-hydrogen) atoms. The average molecular weight is 348 g/mol. The Morgan fingerprint density at radius 2 is 1.42 bits per heavy atom. The third-order valence-corrected chi connectivity index (χ3v) is 3.30. The normalized spacial score (nSPS) is 12.2. The fourth-order valence-corrected chi connectivity index (χ4v) is 2.14. The predicted molar refractivity (Wildman–Crippen MR) is 106 cm³/mol. The van der Waals surface area contributed by atoms with Gasteiger partial charge in [0.05, 0.1) is 5.71 Å². The molecule has 0 bridgehead atoms. The highest BCUT2D eigenvalue weighted by molar-refractivity contribution is 6.14. The van der Waals surface area contributed by atoms with Crippen LogP contribution < -0.4 is 22.2 Å². The zero-order valence-corrected chi connectivity index (χ0v) is 14.3. The van der Waals surface area contributed by atoms with Gasteiger partial charge in [0.15, 0.2) is 12.4 Å². The zero-order chi connectivity index (χ0) is 18.8. The van der Waals surface area contributed by atoms with Crippen molar-refractivity contribution in [3.63, 3.8) is 0 Å². The fourth-order valence-electron chi connectivity index (χ4n) is 2.14. The molecule has 0 unspecified atom stereocenters. The van der Waals surface area contributed by atoms with E-state index < -0.39 is 0 Å². The van der Waals surface area contributed by atoms with Gasteiger partial charge in [-0.15, -0.1) is 10.2 Å². The van der Waals surface area contributed by atoms with E-state index >= 15 is 0 Å². The van der Waals surface area contributed by atoms with Gasteiger partial charge in [-0.1, -0.05) is 48.5 Å². The summed E-state index contributed by atoms with van der Waals surface area (Å²) >= 11 is 0. The summed E-state index contributed by atoms with van der Waals surface area (Å²) in [5.74, 6) is -0.0712. The van der Waals surface area contributed by atoms with Crippen molar-refractivity contribution in [1.82, 2.24) is 0 Å². The van der Waals surface area contributed by atoms with Gasteiger partial charge in [-0.25, -0.2) is 4.99 Å². The minimum absolute atomic E-state index is 0.0456. The molecule has 2 rings (SSSR count). The van der Waals surface area contributed by atoms with E-state index in [4.69, 9.17) is 22.6 Å². The third-order valence-electron chi connectivity index (χ3n) is 3.30. The van der Waals surface area contributed by atoms with Crippen LogP contribution in [-0.2, 0) is 0 Å². The molecule has 0 heterocycles. The molecule has 7 heteroatoms. The molecule has 0 aliphatic carbocycles. The van der Waals surface area contributed by atoms with Crippen molar-refractivity contribution in [2.75, 3.05) is 6.54 Å². The zero-order valence-electron chi connectivity index (χ0n) is 14.3. The lowest BCUT2D eigenvalue weighted by atomic mass is 10.1. The number of nitrogens with zero attached hydrogens (tertiary/aromatic N) is 2. The Morgan fingerprint density at radius 1 is 0.846 bits per heavy atom. The quantitative estimate of drug-likeness (QED) is 0.267. The van der Waals surface area contributed by atoms with Gasteiger partial charge in [0.1, 0.15) is 0 Å². The Balaban J connectivity index is 2.40. The molecule has 0 aliphatic heterocycles. The van der Waals surface area contributed by atoms with Crippen LogP contribution in [0.4, 0.5) is 0 Å². The summed E-state index contributed by atoms with van der Waals surface area (Å²) in [6.07, 6.45) is 3.66. The molecular formula is C19H22N7+. The van der Waals surface area contributed by atoms with Crippen LogP contribution in [0.3, 0.4) is 0 Å². The summed E-state index contributed by atoms with van der Waals surface area (Å²) in [5, 5.41) is 15.3. The van der Waals surface area contributed by atoms with Crippen LogP contribution in [0.15, 0.2) is 83.0 Å². The first-order valence-electron chi connectivity index (χ1n) is 7.95. The third kappa shape index (κ3) is 6.04. The number of hydrogen-bond donors (Lipinski definition) is 5. The predicted octanol–water partition coefficient (Wildman–Crippen LogP) is -0.274. The monoisotopic (exact) mass is 348 g/mol. The molecule has 8 N–H and O–H groups in total. The second-order valence-corrected chi connectivity index (χ2v) is 5.37. The number of nitrogens with one attached hydrogen (secondary N) is 2. The molecule has 0 fully saturated rings. The molecule has 0 spiro atoms. The lowest BCUT2D eigenvalue weighted by Gasteiger charge is -2.00. The van der Waals surface area contributed by atoms with E-state index in [-0.39, 0.29) is 18.3 Å². The second kappa shape index (κ2) is 9.53. The topological polar surface area (TPSA) is 141 Å². The molecule has 0 aromatic heterocycles. The van der Waals surface area contributed by atoms with Crippen molar-refractivity contribution < 1.29 is 4.99 Å². The second-order valence-electron chi connectivity index (χ2n) is 5.37. The van der Waals surface area contributed by atoms with Gasteiger partial charge in [0.25, 0.3) is 0 Å². The standard InChI is InChI=1S/C19H21N7/c20-18(21)13-24-16(14-7-3-1-4-8-14)11-12-17(25-26-19(22)23)15-9-5-2-6-10-15/h1-12H,13H2,(H3,20,21)(H4,22,23,26)/p+1/b12-11+,24-16?,25-17+. The average Bonchev–Trinajstić information content (AvgIpc) is 2.65. The Hall–Kier alpha value is -3.74. The number of hydrogen-bond acceptors (Lipinski definition) is 3. The van der Waals surface area contributed by atoms with Crippen LogP contribution in [0.2, 0.25) is 0 Å². The number of benzene rings is 2. The lowest BCUT2D eigenvalue weighted by molar-refractivity contribution is -0.437. The van der Waals surface area contributed by atoms with Crippen LogP contribution in [0.25, 0.3) is 0 Å². The molecule has 2 aromatic carbocycles. The van der Waals surface area contributed by atoms with Gasteiger partial charge in [0, 0.05) is 17.2 Å². The maximum absolute atomic E-state index is 7.42. The van der Waals surface area contributed by atoms with Gasteiger partial charge >= 0.3 is 0 Å². The molecule has 0 aliphatic rings. The molecule has 7 nitrogen and oxygen atoms in total. The molecule has 0 saturated carbocycles. The van der Waals surface area contributed by atoms with Crippen molar-refractivity contribution in [2.45, 2.75) is 0 Å². The first-order valence-corrected chi connectivity index (χ1v) is 7.95. The highest BCUT2D eigenvalue weighted by Crippen LogP contribution is 2.05. The van der Waals surface area contributed by atoms with E-state index in [1.807, 2.05) is 66.7 Å². The number of allylic oxidation sites excluding steroid dienone is 2. The summed E-state index contributed by atoms with van der Waals surface area (Å²) in [7, 11) is 0. The fraction of sp³-hybridized carbons (Fsp3) is 0.0526. The molecule has 0 atom stereocenters. The molecular weight excluding hydrogens is 326 g/mol. The van der Waals surface area contributed by atoms with Crippen LogP contribution >= 0.6 is 0 Å². The molecule has 0 radical (unpaired) electrons. The van der Waals surface area contributed by atoms with E-state index in [0.717, 1.165) is 16.8 Å². The SMILES string of the molecule is N=C(N)C[NH+]=C(/C=C/C(=N\N=C(N)N)c1ccccc1)c1ccccc1. The maximum atomic E-state index is 7.42. The van der Waals surface area contributed by atoms with Gasteiger partial charge in [-0.2, -0.15) is 0 Å². The highest BCUT2D eigenvalue weighted by Gasteiger charge is 2.07. The summed E-state index contributed by atoms with van der Waals surface area (Å²) in [6, 6.07) is 19.3. The number of guanidine groups is 1. The molecule has 132 valence electrons. The van der Waals surface area contributed by atoms with Crippen LogP contribution in [0.1, 0.15) is 11.1 Å². The Labute approximate surface area is 152 Å². The van der Waals surface area contributed by atoms with Crippen LogP contribution in [0.5, 0.6) is 0 Å². The summed E-state index contributed by atoms with van der Waals surface area (Å²) in [6.45, 7) is 0.236. The summed E-state index contributed by atoms with van der Waals surface area (Å²) < 4.78 is 0. The molecule has 0 amide bonds. The van der Waals surface area contributed by atoms with Gasteiger partial charge < -0.3 is 17.2 Å². The van der Waals surface area contributed by atoms with Crippen molar-refractivity contribution in [1.29, 1.82) is 5.41 Å². The number of amidine groups is 1. The largest absolute Gasteiger partial charge is 0.382 e. The highest BCUT2D eigenvalue weighted by atomic mass is 15.3. The number of rotatable bonds is 7. The summed E-state index contributed by atoms with van der Waals surface area (Å²) in [5.41, 5.74) is 19.5. The van der Waals surface area contributed by atoms with Crippen LogP contribution in [-0.4, -0.2) is 29.8 Å². The van der Waals surface area contributed by atoms with Crippen molar-refractivity contribution in [3.05, 3.63) is 83.9 Å². The van der Waals surface area contributed by atoms with Gasteiger partial charge in [-0.05, 0) is 18.2 Å². The first-order chi connectivity index (χ1) is 12.6. The van der Waals surface area contributed by atoms with E-state index in [9.17, 15) is 0 Å². The first kappa shape index (κ1) is 18.6. The van der Waals surface area contributed by atoms with E-state index in [2.05, 4.69) is 15.2 Å². The smallest absolute Gasteiger partial charge is 0.211 e. The molecule has 0 saturated heterocycles. The van der Waals surface area contributed by atoms with Crippen LogP contribution in [0, 0.1) is 5.41 Å². The van der Waals surface area contributed by atoms with E-state index in [0.29, 0.717) is 5.71 Å². The Morgan fingerprint density at radius 3 is 1.96 bits per heavy atom. The lowest BCUT2D eigenvalue weighted by Crippen LogP contribution is -2.75. The number of nitrogens with two attached hydrogens (primary N) is 3. The van der Waals surface area contributed by atoms with E-state index in [1.165, 1.54) is 0 Å². The molecule has 2 aromatic rings. The van der Waals surface area contributed by atoms with Crippen molar-refractivity contribution in [2.24, 2.45) is 27.4 Å². The maximum Gasteiger partial charge on any atom is 0.211 e. The van der Waals surface area contributed by atoms with Crippen molar-refractivity contribution >= 4 is 23.2 Å². The Bertz CT molecular complexity index is 846. The Kier molecular flexibility index (Phi) is 6.82. The summed E-state index contributed by atoms with van der Waals surface area (Å²) in [4.78, 5) is 3.15.